The van der Waals surface area contributed by atoms with Crippen LogP contribution in [0.2, 0.25) is 5.02 Å². The molecule has 1 heterocycles. The zero-order valence-electron chi connectivity index (χ0n) is 13.4. The molecule has 0 aliphatic rings. The Balaban J connectivity index is 1.82. The van der Waals surface area contributed by atoms with Crippen molar-refractivity contribution in [3.63, 3.8) is 0 Å². The average molecular weight is 428 g/mol. The van der Waals surface area contributed by atoms with Crippen molar-refractivity contribution in [3.8, 4) is 17.4 Å². The molecule has 2 aromatic carbocycles. The van der Waals surface area contributed by atoms with Gasteiger partial charge in [0.2, 0.25) is 0 Å². The maximum absolute atomic E-state index is 12.2. The zero-order chi connectivity index (χ0) is 18.5. The summed E-state index contributed by atoms with van der Waals surface area (Å²) in [5.41, 5.74) is 1.36. The number of halogens is 2. The van der Waals surface area contributed by atoms with E-state index in [1.54, 1.807) is 42.5 Å². The first-order chi connectivity index (χ1) is 12.6. The van der Waals surface area contributed by atoms with Crippen molar-refractivity contribution in [2.75, 3.05) is 5.32 Å². The lowest BCUT2D eigenvalue weighted by Crippen LogP contribution is -2.13. The van der Waals surface area contributed by atoms with E-state index < -0.39 is 5.91 Å². The summed E-state index contributed by atoms with van der Waals surface area (Å²) in [5.74, 6) is 0.494. The Morgan fingerprint density at radius 3 is 2.62 bits per heavy atom. The molecule has 3 aromatic rings. The first kappa shape index (κ1) is 18.0. The molecule has 0 spiro atoms. The van der Waals surface area contributed by atoms with Crippen LogP contribution >= 0.6 is 27.5 Å². The molecule has 0 aliphatic carbocycles. The number of nitrogens with zero attached hydrogens (tertiary/aromatic N) is 1. The number of carbonyl (C=O) groups is 1. The molecule has 128 valence electrons. The van der Waals surface area contributed by atoms with E-state index in [0.717, 1.165) is 10.0 Å². The van der Waals surface area contributed by atoms with Gasteiger partial charge in [-0.2, -0.15) is 5.26 Å². The number of hydrogen-bond acceptors (Lipinski definition) is 3. The van der Waals surface area contributed by atoms with Crippen LogP contribution in [0.15, 0.2) is 75.1 Å². The Hall–Kier alpha value is -2.81. The van der Waals surface area contributed by atoms with Crippen LogP contribution < -0.4 is 5.32 Å². The van der Waals surface area contributed by atoms with Gasteiger partial charge in [-0.1, -0.05) is 35.9 Å². The fraction of sp³-hybridized carbons (Fsp3) is 0. The molecular formula is C20H12BrClN2O2. The lowest BCUT2D eigenvalue weighted by Gasteiger charge is -2.03. The maximum Gasteiger partial charge on any atom is 0.266 e. The first-order valence-corrected chi connectivity index (χ1v) is 8.77. The number of nitrogens with one attached hydrogen (secondary N) is 1. The van der Waals surface area contributed by atoms with E-state index in [2.05, 4.69) is 21.2 Å². The van der Waals surface area contributed by atoms with Crippen LogP contribution in [-0.2, 0) is 4.79 Å². The molecule has 0 atom stereocenters. The van der Waals surface area contributed by atoms with Gasteiger partial charge in [0.1, 0.15) is 23.2 Å². The van der Waals surface area contributed by atoms with E-state index in [-0.39, 0.29) is 5.57 Å². The SMILES string of the molecule is N#C/C(=C/c1ccc(-c2ccc(Br)c(Cl)c2)o1)C(=O)Nc1ccccc1. The van der Waals surface area contributed by atoms with Gasteiger partial charge in [0.25, 0.3) is 5.91 Å². The van der Waals surface area contributed by atoms with E-state index >= 15 is 0 Å². The van der Waals surface area contributed by atoms with Gasteiger partial charge in [0, 0.05) is 21.8 Å². The molecule has 0 fully saturated rings. The van der Waals surface area contributed by atoms with Crippen LogP contribution in [0.4, 0.5) is 5.69 Å². The Labute approximate surface area is 163 Å². The van der Waals surface area contributed by atoms with E-state index in [0.29, 0.717) is 22.2 Å². The minimum atomic E-state index is -0.497. The minimum absolute atomic E-state index is 0.0522. The number of carbonyl (C=O) groups excluding carboxylic acids is 1. The van der Waals surface area contributed by atoms with Gasteiger partial charge in [0.15, 0.2) is 0 Å². The van der Waals surface area contributed by atoms with Gasteiger partial charge in [-0.25, -0.2) is 0 Å². The van der Waals surface area contributed by atoms with Crippen molar-refractivity contribution in [1.29, 1.82) is 5.26 Å². The van der Waals surface area contributed by atoms with Gasteiger partial charge < -0.3 is 9.73 Å². The predicted octanol–water partition coefficient (Wildman–Crippen LogP) is 5.91. The van der Waals surface area contributed by atoms with Gasteiger partial charge >= 0.3 is 0 Å². The molecule has 0 aliphatic heterocycles. The number of benzene rings is 2. The summed E-state index contributed by atoms with van der Waals surface area (Å²) in [4.78, 5) is 12.2. The lowest BCUT2D eigenvalue weighted by atomic mass is 10.2. The largest absolute Gasteiger partial charge is 0.457 e. The summed E-state index contributed by atoms with van der Waals surface area (Å²) in [6.07, 6.45) is 1.40. The van der Waals surface area contributed by atoms with E-state index in [1.165, 1.54) is 6.08 Å². The van der Waals surface area contributed by atoms with Crippen LogP contribution in [0.5, 0.6) is 0 Å². The van der Waals surface area contributed by atoms with E-state index in [4.69, 9.17) is 16.0 Å². The fourth-order valence-corrected chi connectivity index (χ4v) is 2.67. The Morgan fingerprint density at radius 2 is 1.92 bits per heavy atom. The monoisotopic (exact) mass is 426 g/mol. The third-order valence-corrected chi connectivity index (χ3v) is 4.75. The second kappa shape index (κ2) is 8.05. The number of para-hydroxylation sites is 1. The van der Waals surface area contributed by atoms with Crippen molar-refractivity contribution in [2.45, 2.75) is 0 Å². The summed E-state index contributed by atoms with van der Waals surface area (Å²) in [5, 5.41) is 12.5. The van der Waals surface area contributed by atoms with Crippen molar-refractivity contribution < 1.29 is 9.21 Å². The minimum Gasteiger partial charge on any atom is -0.457 e. The predicted molar refractivity (Wildman–Crippen MR) is 106 cm³/mol. The molecule has 26 heavy (non-hydrogen) atoms. The Bertz CT molecular complexity index is 1020. The smallest absolute Gasteiger partial charge is 0.266 e. The number of hydrogen-bond donors (Lipinski definition) is 1. The molecule has 1 amide bonds. The molecule has 0 bridgehead atoms. The first-order valence-electron chi connectivity index (χ1n) is 7.60. The second-order valence-corrected chi connectivity index (χ2v) is 6.58. The van der Waals surface area contributed by atoms with Crippen LogP contribution in [-0.4, -0.2) is 5.91 Å². The van der Waals surface area contributed by atoms with Crippen molar-refractivity contribution in [3.05, 3.63) is 81.5 Å². The quantitative estimate of drug-likeness (QED) is 0.416. The third kappa shape index (κ3) is 4.23. The molecule has 6 heteroatoms. The van der Waals surface area contributed by atoms with Gasteiger partial charge in [-0.3, -0.25) is 4.79 Å². The number of anilines is 1. The normalized spacial score (nSPS) is 11.0. The average Bonchev–Trinajstić information content (AvgIpc) is 3.11. The molecule has 3 rings (SSSR count). The summed E-state index contributed by atoms with van der Waals surface area (Å²) >= 11 is 9.44. The highest BCUT2D eigenvalue weighted by Crippen LogP contribution is 2.30. The van der Waals surface area contributed by atoms with Crippen molar-refractivity contribution in [1.82, 2.24) is 0 Å². The highest BCUT2D eigenvalue weighted by atomic mass is 79.9. The molecule has 0 saturated heterocycles. The summed E-state index contributed by atoms with van der Waals surface area (Å²) in [7, 11) is 0. The molecular weight excluding hydrogens is 416 g/mol. The number of furan rings is 1. The molecule has 1 N–H and O–H groups in total. The molecule has 4 nitrogen and oxygen atoms in total. The van der Waals surface area contributed by atoms with Crippen molar-refractivity contribution >= 4 is 45.2 Å². The zero-order valence-corrected chi connectivity index (χ0v) is 15.7. The maximum atomic E-state index is 12.2. The summed E-state index contributed by atoms with van der Waals surface area (Å²) in [6.45, 7) is 0. The van der Waals surface area contributed by atoms with E-state index in [1.807, 2.05) is 24.3 Å². The summed E-state index contributed by atoms with van der Waals surface area (Å²) in [6, 6.07) is 19.7. The number of nitriles is 1. The standard InChI is InChI=1S/C20H12BrClN2O2/c21-17-8-6-13(11-18(17)22)19-9-7-16(26-19)10-14(12-23)20(25)24-15-4-2-1-3-5-15/h1-11H,(H,24,25)/b14-10-. The van der Waals surface area contributed by atoms with Gasteiger partial charge in [-0.05, 0) is 52.3 Å². The molecule has 0 unspecified atom stereocenters. The van der Waals surface area contributed by atoms with E-state index in [9.17, 15) is 10.1 Å². The highest BCUT2D eigenvalue weighted by Gasteiger charge is 2.12. The van der Waals surface area contributed by atoms with Gasteiger partial charge in [0.05, 0.1) is 5.02 Å². The third-order valence-electron chi connectivity index (χ3n) is 3.51. The second-order valence-electron chi connectivity index (χ2n) is 5.32. The molecule has 0 saturated carbocycles. The lowest BCUT2D eigenvalue weighted by molar-refractivity contribution is -0.112. The Kier molecular flexibility index (Phi) is 5.57. The van der Waals surface area contributed by atoms with Gasteiger partial charge in [-0.15, -0.1) is 0 Å². The van der Waals surface area contributed by atoms with Crippen molar-refractivity contribution in [2.24, 2.45) is 0 Å². The topological polar surface area (TPSA) is 66.0 Å². The highest BCUT2D eigenvalue weighted by molar-refractivity contribution is 9.10. The fourth-order valence-electron chi connectivity index (χ4n) is 2.25. The van der Waals surface area contributed by atoms with Crippen LogP contribution in [0, 0.1) is 11.3 Å². The van der Waals surface area contributed by atoms with Crippen LogP contribution in [0.1, 0.15) is 5.76 Å². The summed E-state index contributed by atoms with van der Waals surface area (Å²) < 4.78 is 6.51. The van der Waals surface area contributed by atoms with Crippen LogP contribution in [0.25, 0.3) is 17.4 Å². The molecule has 1 aromatic heterocycles. The number of amides is 1. The number of rotatable bonds is 4. The van der Waals surface area contributed by atoms with Crippen LogP contribution in [0.3, 0.4) is 0 Å². The Morgan fingerprint density at radius 1 is 1.15 bits per heavy atom. The molecule has 0 radical (unpaired) electrons.